The maximum Gasteiger partial charge on any atom is 0.242 e. The highest BCUT2D eigenvalue weighted by atomic mass is 16.2. The van der Waals surface area contributed by atoms with Gasteiger partial charge < -0.3 is 10.6 Å². The Hall–Kier alpha value is -1.84. The zero-order chi connectivity index (χ0) is 17.2. The van der Waals surface area contributed by atoms with Crippen molar-refractivity contribution >= 4 is 11.8 Å². The minimum atomic E-state index is -0.481. The number of hydrogen-bond donors (Lipinski definition) is 2. The molecule has 0 aliphatic carbocycles. The van der Waals surface area contributed by atoms with Gasteiger partial charge in [-0.2, -0.15) is 0 Å². The molecule has 0 aliphatic heterocycles. The molecule has 0 spiro atoms. The van der Waals surface area contributed by atoms with Crippen molar-refractivity contribution in [2.45, 2.75) is 53.0 Å². The molecule has 0 radical (unpaired) electrons. The molecule has 0 aliphatic rings. The fraction of sp³-hybridized carbons (Fsp3) is 0.579. The Morgan fingerprint density at radius 3 is 2.26 bits per heavy atom. The van der Waals surface area contributed by atoms with Crippen LogP contribution < -0.4 is 10.6 Å². The highest BCUT2D eigenvalue weighted by Gasteiger charge is 2.23. The first-order valence-electron chi connectivity index (χ1n) is 8.51. The normalized spacial score (nSPS) is 12.3. The molecule has 2 amide bonds. The van der Waals surface area contributed by atoms with E-state index in [4.69, 9.17) is 0 Å². The number of rotatable bonds is 9. The number of benzene rings is 1. The first-order chi connectivity index (χ1) is 10.9. The van der Waals surface area contributed by atoms with Gasteiger partial charge in [0.2, 0.25) is 11.8 Å². The summed E-state index contributed by atoms with van der Waals surface area (Å²) >= 11 is 0. The fourth-order valence-corrected chi connectivity index (χ4v) is 2.37. The Morgan fingerprint density at radius 2 is 1.70 bits per heavy atom. The van der Waals surface area contributed by atoms with Gasteiger partial charge in [-0.1, -0.05) is 58.0 Å². The van der Waals surface area contributed by atoms with Gasteiger partial charge in [0, 0.05) is 6.54 Å². The van der Waals surface area contributed by atoms with Crippen LogP contribution in [0.4, 0.5) is 0 Å². The lowest BCUT2D eigenvalue weighted by Crippen LogP contribution is -2.50. The predicted octanol–water partition coefficient (Wildman–Crippen LogP) is 2.92. The van der Waals surface area contributed by atoms with E-state index in [1.807, 2.05) is 44.2 Å². The minimum absolute atomic E-state index is 0.0554. The molecule has 128 valence electrons. The Morgan fingerprint density at radius 1 is 1.04 bits per heavy atom. The first kappa shape index (κ1) is 19.2. The summed E-state index contributed by atoms with van der Waals surface area (Å²) in [6, 6.07) is 9.08. The molecule has 1 aromatic rings. The van der Waals surface area contributed by atoms with Gasteiger partial charge >= 0.3 is 0 Å². The fourth-order valence-electron chi connectivity index (χ4n) is 2.37. The molecule has 0 heterocycles. The highest BCUT2D eigenvalue weighted by molar-refractivity contribution is 5.88. The van der Waals surface area contributed by atoms with Gasteiger partial charge in [-0.25, -0.2) is 0 Å². The van der Waals surface area contributed by atoms with Crippen molar-refractivity contribution in [3.8, 4) is 0 Å². The third-order valence-electron chi connectivity index (χ3n) is 3.73. The van der Waals surface area contributed by atoms with Crippen molar-refractivity contribution in [3.05, 3.63) is 35.9 Å². The van der Waals surface area contributed by atoms with Crippen LogP contribution in [0, 0.1) is 11.8 Å². The van der Waals surface area contributed by atoms with Crippen LogP contribution in [0.3, 0.4) is 0 Å². The third-order valence-corrected chi connectivity index (χ3v) is 3.73. The molecule has 1 aromatic carbocycles. The van der Waals surface area contributed by atoms with Gasteiger partial charge in [-0.05, 0) is 30.2 Å². The molecular weight excluding hydrogens is 288 g/mol. The molecule has 2 N–H and O–H groups in total. The van der Waals surface area contributed by atoms with Gasteiger partial charge in [0.25, 0.3) is 0 Å². The minimum Gasteiger partial charge on any atom is -0.354 e. The molecule has 0 saturated heterocycles. The van der Waals surface area contributed by atoms with E-state index in [1.165, 1.54) is 0 Å². The largest absolute Gasteiger partial charge is 0.354 e. The molecule has 1 atom stereocenters. The highest BCUT2D eigenvalue weighted by Crippen LogP contribution is 2.06. The number of hydrogen-bond acceptors (Lipinski definition) is 2. The van der Waals surface area contributed by atoms with E-state index in [0.29, 0.717) is 18.9 Å². The number of nitrogens with one attached hydrogen (secondary N) is 2. The average molecular weight is 318 g/mol. The van der Waals surface area contributed by atoms with Crippen molar-refractivity contribution < 1.29 is 9.59 Å². The van der Waals surface area contributed by atoms with Crippen molar-refractivity contribution in [2.75, 3.05) is 6.54 Å². The smallest absolute Gasteiger partial charge is 0.242 e. The molecule has 1 rings (SSSR count). The summed E-state index contributed by atoms with van der Waals surface area (Å²) in [4.78, 5) is 24.5. The van der Waals surface area contributed by atoms with Crippen LogP contribution in [0.2, 0.25) is 0 Å². The zero-order valence-electron chi connectivity index (χ0n) is 14.8. The molecular formula is C19H30N2O2. The summed E-state index contributed by atoms with van der Waals surface area (Å²) in [6.07, 6.45) is 2.35. The summed E-state index contributed by atoms with van der Waals surface area (Å²) in [5, 5.41) is 5.80. The lowest BCUT2D eigenvalue weighted by Gasteiger charge is -2.22. The standard InChI is InChI=1S/C19H30N2O2/c1-14(2)9-8-12-20-19(23)18(15(3)4)21-17(22)13-16-10-6-5-7-11-16/h5-7,10-11,14-15,18H,8-9,12-13H2,1-4H3,(H,20,23)(H,21,22). The maximum atomic E-state index is 12.3. The quantitative estimate of drug-likeness (QED) is 0.688. The molecule has 4 nitrogen and oxygen atoms in total. The number of carbonyl (C=O) groups excluding carboxylic acids is 2. The van der Waals surface area contributed by atoms with E-state index in [-0.39, 0.29) is 17.7 Å². The molecule has 0 aromatic heterocycles. The van der Waals surface area contributed by atoms with E-state index in [2.05, 4.69) is 24.5 Å². The lowest BCUT2D eigenvalue weighted by molar-refractivity contribution is -0.129. The molecule has 4 heteroatoms. The Balaban J connectivity index is 2.47. The lowest BCUT2D eigenvalue weighted by atomic mass is 10.0. The molecule has 0 saturated carbocycles. The first-order valence-corrected chi connectivity index (χ1v) is 8.51. The monoisotopic (exact) mass is 318 g/mol. The van der Waals surface area contributed by atoms with E-state index in [9.17, 15) is 9.59 Å². The SMILES string of the molecule is CC(C)CCCNC(=O)C(NC(=O)Cc1ccccc1)C(C)C. The van der Waals surface area contributed by atoms with Gasteiger partial charge in [-0.3, -0.25) is 9.59 Å². The second-order valence-electron chi connectivity index (χ2n) is 6.78. The van der Waals surface area contributed by atoms with Crippen molar-refractivity contribution in [2.24, 2.45) is 11.8 Å². The van der Waals surface area contributed by atoms with Crippen LogP contribution >= 0.6 is 0 Å². The van der Waals surface area contributed by atoms with Crippen LogP contribution in [0.5, 0.6) is 0 Å². The average Bonchev–Trinajstić information content (AvgIpc) is 2.49. The van der Waals surface area contributed by atoms with Gasteiger partial charge in [0.1, 0.15) is 6.04 Å². The predicted molar refractivity (Wildman–Crippen MR) is 94.0 cm³/mol. The van der Waals surface area contributed by atoms with Crippen molar-refractivity contribution in [1.82, 2.24) is 10.6 Å². The summed E-state index contributed by atoms with van der Waals surface area (Å²) in [5.74, 6) is 0.482. The Kier molecular flexibility index (Phi) is 8.38. The molecule has 0 fully saturated rings. The summed E-state index contributed by atoms with van der Waals surface area (Å²) < 4.78 is 0. The second kappa shape index (κ2) is 10.0. The van der Waals surface area contributed by atoms with Crippen molar-refractivity contribution in [3.63, 3.8) is 0 Å². The number of carbonyl (C=O) groups is 2. The van der Waals surface area contributed by atoms with E-state index >= 15 is 0 Å². The Bertz CT molecular complexity index is 483. The van der Waals surface area contributed by atoms with E-state index in [0.717, 1.165) is 18.4 Å². The molecule has 1 unspecified atom stereocenters. The number of amides is 2. The summed E-state index contributed by atoms with van der Waals surface area (Å²) in [6.45, 7) is 8.89. The molecule has 0 bridgehead atoms. The van der Waals surface area contributed by atoms with Crippen LogP contribution in [-0.4, -0.2) is 24.4 Å². The molecule has 23 heavy (non-hydrogen) atoms. The second-order valence-corrected chi connectivity index (χ2v) is 6.78. The summed E-state index contributed by atoms with van der Waals surface area (Å²) in [7, 11) is 0. The topological polar surface area (TPSA) is 58.2 Å². The van der Waals surface area contributed by atoms with Crippen molar-refractivity contribution in [1.29, 1.82) is 0 Å². The van der Waals surface area contributed by atoms with Crippen LogP contribution in [0.15, 0.2) is 30.3 Å². The van der Waals surface area contributed by atoms with E-state index in [1.54, 1.807) is 0 Å². The van der Waals surface area contributed by atoms with E-state index < -0.39 is 6.04 Å². The maximum absolute atomic E-state index is 12.3. The third kappa shape index (κ3) is 7.82. The van der Waals surface area contributed by atoms with Crippen LogP contribution in [0.25, 0.3) is 0 Å². The van der Waals surface area contributed by atoms with Crippen LogP contribution in [0.1, 0.15) is 46.1 Å². The van der Waals surface area contributed by atoms with Crippen LogP contribution in [-0.2, 0) is 16.0 Å². The Labute approximate surface area is 140 Å². The summed E-state index contributed by atoms with van der Waals surface area (Å²) in [5.41, 5.74) is 0.949. The van der Waals surface area contributed by atoms with Gasteiger partial charge in [0.05, 0.1) is 6.42 Å². The zero-order valence-corrected chi connectivity index (χ0v) is 14.8. The van der Waals surface area contributed by atoms with Gasteiger partial charge in [-0.15, -0.1) is 0 Å². The van der Waals surface area contributed by atoms with Gasteiger partial charge in [0.15, 0.2) is 0 Å².